The van der Waals surface area contributed by atoms with E-state index in [4.69, 9.17) is 11.5 Å². The molecular weight excluding hydrogens is 244 g/mol. The van der Waals surface area contributed by atoms with E-state index in [1.54, 1.807) is 6.92 Å². The van der Waals surface area contributed by atoms with Crippen molar-refractivity contribution in [2.75, 3.05) is 0 Å². The van der Waals surface area contributed by atoms with E-state index in [2.05, 4.69) is 45.5 Å². The molecule has 0 saturated carbocycles. The van der Waals surface area contributed by atoms with Gasteiger partial charge in [-0.3, -0.25) is 10.9 Å². The lowest BCUT2D eigenvalue weighted by Gasteiger charge is -2.05. The van der Waals surface area contributed by atoms with Crippen molar-refractivity contribution < 1.29 is 0 Å². The molecule has 0 amide bonds. The topological polar surface area (TPSA) is 101 Å². The molecule has 8 heteroatoms. The lowest BCUT2D eigenvalue weighted by molar-refractivity contribution is 0.953. The van der Waals surface area contributed by atoms with Crippen molar-refractivity contribution >= 4 is 46.1 Å². The summed E-state index contributed by atoms with van der Waals surface area (Å²) in [5.41, 5.74) is 17.0. The zero-order valence-electron chi connectivity index (χ0n) is 9.28. The summed E-state index contributed by atoms with van der Waals surface area (Å²) in [4.78, 5) is 0. The minimum Gasteiger partial charge on any atom is -0.375 e. The molecule has 0 atom stereocenters. The van der Waals surface area contributed by atoms with Crippen LogP contribution in [0.1, 0.15) is 26.7 Å². The predicted molar refractivity (Wildman–Crippen MR) is 75.3 cm³/mol. The van der Waals surface area contributed by atoms with Crippen LogP contribution in [0, 0.1) is 0 Å². The summed E-state index contributed by atoms with van der Waals surface area (Å²) >= 11 is 9.29. The second-order valence-corrected chi connectivity index (χ2v) is 3.84. The summed E-state index contributed by atoms with van der Waals surface area (Å²) < 4.78 is 0. The van der Waals surface area contributed by atoms with Gasteiger partial charge in [-0.25, -0.2) is 0 Å². The van der Waals surface area contributed by atoms with E-state index in [9.17, 15) is 0 Å². The lowest BCUT2D eigenvalue weighted by Crippen LogP contribution is -2.29. The maximum Gasteiger partial charge on any atom is 0.184 e. The molecule has 0 fully saturated rings. The molecule has 0 radical (unpaired) electrons. The van der Waals surface area contributed by atoms with Gasteiger partial charge >= 0.3 is 0 Å². The minimum absolute atomic E-state index is 0.109. The predicted octanol–water partition coefficient (Wildman–Crippen LogP) is 0.185. The smallest absolute Gasteiger partial charge is 0.184 e. The molecule has 0 unspecified atom stereocenters. The monoisotopic (exact) mass is 260 g/mol. The van der Waals surface area contributed by atoms with Crippen LogP contribution in [0.15, 0.2) is 10.2 Å². The highest BCUT2D eigenvalue weighted by atomic mass is 32.1. The molecule has 0 bridgehead atoms. The Labute approximate surface area is 106 Å². The van der Waals surface area contributed by atoms with Crippen LogP contribution in [-0.2, 0) is 0 Å². The van der Waals surface area contributed by atoms with Crippen molar-refractivity contribution in [1.29, 1.82) is 0 Å². The maximum atomic E-state index is 5.28. The van der Waals surface area contributed by atoms with E-state index in [0.717, 1.165) is 18.6 Å². The molecule has 6 N–H and O–H groups in total. The van der Waals surface area contributed by atoms with Crippen molar-refractivity contribution in [3.63, 3.8) is 0 Å². The Hall–Kier alpha value is -1.28. The first-order chi connectivity index (χ1) is 7.47. The van der Waals surface area contributed by atoms with Crippen LogP contribution in [0.5, 0.6) is 0 Å². The van der Waals surface area contributed by atoms with E-state index >= 15 is 0 Å². The van der Waals surface area contributed by atoms with Crippen molar-refractivity contribution in [1.82, 2.24) is 10.9 Å². The van der Waals surface area contributed by atoms with Crippen LogP contribution < -0.4 is 22.3 Å². The lowest BCUT2D eigenvalue weighted by atomic mass is 10.1. The Morgan fingerprint density at radius 1 is 1.12 bits per heavy atom. The third-order valence-corrected chi connectivity index (χ3v) is 1.72. The van der Waals surface area contributed by atoms with Gasteiger partial charge in [0.25, 0.3) is 0 Å². The summed E-state index contributed by atoms with van der Waals surface area (Å²) in [6.45, 7) is 3.82. The van der Waals surface area contributed by atoms with Crippen LogP contribution in [0.25, 0.3) is 0 Å². The van der Waals surface area contributed by atoms with Crippen molar-refractivity contribution in [3.8, 4) is 0 Å². The fraction of sp³-hybridized carbons (Fsp3) is 0.500. The molecule has 16 heavy (non-hydrogen) atoms. The highest BCUT2D eigenvalue weighted by molar-refractivity contribution is 7.80. The van der Waals surface area contributed by atoms with Gasteiger partial charge in [0.05, 0.1) is 11.4 Å². The normalized spacial score (nSPS) is 12.1. The largest absolute Gasteiger partial charge is 0.375 e. The Morgan fingerprint density at radius 3 is 2.06 bits per heavy atom. The molecule has 6 nitrogen and oxygen atoms in total. The number of nitrogens with two attached hydrogens (primary N) is 2. The first-order valence-electron chi connectivity index (χ1n) is 4.69. The molecule has 0 aliphatic heterocycles. The zero-order valence-corrected chi connectivity index (χ0v) is 10.9. The summed E-state index contributed by atoms with van der Waals surface area (Å²) in [5, 5.41) is 8.23. The third kappa shape index (κ3) is 7.07. The van der Waals surface area contributed by atoms with Gasteiger partial charge in [0.15, 0.2) is 10.2 Å². The first-order valence-corrected chi connectivity index (χ1v) is 5.51. The van der Waals surface area contributed by atoms with E-state index in [-0.39, 0.29) is 10.2 Å². The maximum absolute atomic E-state index is 5.28. The van der Waals surface area contributed by atoms with Gasteiger partial charge in [0, 0.05) is 0 Å². The van der Waals surface area contributed by atoms with Gasteiger partial charge < -0.3 is 11.5 Å². The Morgan fingerprint density at radius 2 is 1.62 bits per heavy atom. The third-order valence-electron chi connectivity index (χ3n) is 1.54. The van der Waals surface area contributed by atoms with Gasteiger partial charge in [-0.1, -0.05) is 13.3 Å². The van der Waals surface area contributed by atoms with E-state index < -0.39 is 0 Å². The van der Waals surface area contributed by atoms with Crippen molar-refractivity contribution in [2.45, 2.75) is 26.7 Å². The Kier molecular flexibility index (Phi) is 7.31. The van der Waals surface area contributed by atoms with Crippen LogP contribution in [0.3, 0.4) is 0 Å². The van der Waals surface area contributed by atoms with E-state index in [1.807, 2.05) is 6.92 Å². The number of hydrogen-bond donors (Lipinski definition) is 4. The molecule has 0 saturated heterocycles. The molecule has 0 aromatic heterocycles. The van der Waals surface area contributed by atoms with Gasteiger partial charge in [0.1, 0.15) is 0 Å². The van der Waals surface area contributed by atoms with Crippen molar-refractivity contribution in [2.24, 2.45) is 21.7 Å². The van der Waals surface area contributed by atoms with Crippen LogP contribution >= 0.6 is 24.4 Å². The average molecular weight is 260 g/mol. The molecule has 90 valence electrons. The molecular formula is C8H16N6S2. The number of rotatable bonds is 5. The molecule has 0 rings (SSSR count). The van der Waals surface area contributed by atoms with Gasteiger partial charge in [-0.15, -0.1) is 0 Å². The second-order valence-electron chi connectivity index (χ2n) is 2.96. The average Bonchev–Trinajstić information content (AvgIpc) is 2.20. The Bertz CT molecular complexity index is 322. The first kappa shape index (κ1) is 14.7. The van der Waals surface area contributed by atoms with E-state index in [1.165, 1.54) is 0 Å². The van der Waals surface area contributed by atoms with Gasteiger partial charge in [-0.05, 0) is 37.8 Å². The molecule has 0 aliphatic carbocycles. The van der Waals surface area contributed by atoms with Gasteiger partial charge in [0.2, 0.25) is 0 Å². The van der Waals surface area contributed by atoms with Gasteiger partial charge in [-0.2, -0.15) is 10.2 Å². The number of nitrogens with one attached hydrogen (secondary N) is 2. The molecule has 0 aromatic rings. The Balaban J connectivity index is 4.62. The minimum atomic E-state index is 0.109. The highest BCUT2D eigenvalue weighted by Gasteiger charge is 2.03. The molecule has 0 heterocycles. The number of nitrogens with zero attached hydrogens (tertiary/aromatic N) is 2. The number of thiocarbonyl (C=S) groups is 2. The standard InChI is InChI=1S/C8H16N6S2/c1-3-4-6(12-14-8(10)16)5(2)11-13-7(9)15/h3-4H2,1-2H3,(H3,9,13,15)(H3,10,14,16). The SMILES string of the molecule is CCCC(=NNC(N)=S)C(C)=NNC(N)=S. The van der Waals surface area contributed by atoms with Crippen LogP contribution in [-0.4, -0.2) is 21.6 Å². The summed E-state index contributed by atoms with van der Waals surface area (Å²) in [5.74, 6) is 0. The molecule has 0 spiro atoms. The quantitative estimate of drug-likeness (QED) is 0.320. The number of hydrazone groups is 2. The summed E-state index contributed by atoms with van der Waals surface area (Å²) in [7, 11) is 0. The summed E-state index contributed by atoms with van der Waals surface area (Å²) in [6, 6.07) is 0. The second kappa shape index (κ2) is 7.94. The van der Waals surface area contributed by atoms with Crippen molar-refractivity contribution in [3.05, 3.63) is 0 Å². The highest BCUT2D eigenvalue weighted by Crippen LogP contribution is 1.94. The zero-order chi connectivity index (χ0) is 12.6. The number of hydrogen-bond acceptors (Lipinski definition) is 4. The van der Waals surface area contributed by atoms with E-state index in [0.29, 0.717) is 5.71 Å². The van der Waals surface area contributed by atoms with Crippen LogP contribution in [0.2, 0.25) is 0 Å². The summed E-state index contributed by atoms with van der Waals surface area (Å²) in [6.07, 6.45) is 1.68. The fourth-order valence-corrected chi connectivity index (χ4v) is 0.972. The van der Waals surface area contributed by atoms with Crippen LogP contribution in [0.4, 0.5) is 0 Å². The molecule has 0 aliphatic rings. The molecule has 0 aromatic carbocycles. The fourth-order valence-electron chi connectivity index (χ4n) is 0.881.